The molecule has 1 unspecified atom stereocenters. The third-order valence-electron chi connectivity index (χ3n) is 4.74. The lowest BCUT2D eigenvalue weighted by Crippen LogP contribution is -2.21. The van der Waals surface area contributed by atoms with E-state index in [0.717, 1.165) is 28.1 Å². The smallest absolute Gasteiger partial charge is 0.244 e. The van der Waals surface area contributed by atoms with Gasteiger partial charge in [-0.1, -0.05) is 42.5 Å². The first-order valence-electron chi connectivity index (χ1n) is 8.58. The highest BCUT2D eigenvalue weighted by Crippen LogP contribution is 2.45. The normalized spacial score (nSPS) is 15.7. The summed E-state index contributed by atoms with van der Waals surface area (Å²) in [6.07, 6.45) is 0. The van der Waals surface area contributed by atoms with Crippen LogP contribution >= 0.6 is 0 Å². The maximum atomic E-state index is 9.75. The number of rotatable bonds is 3. The van der Waals surface area contributed by atoms with Crippen LogP contribution in [0, 0.1) is 11.3 Å². The summed E-state index contributed by atoms with van der Waals surface area (Å²) in [4.78, 5) is 2.03. The molecular weight excluding hydrogens is 338 g/mol. The van der Waals surface area contributed by atoms with Crippen molar-refractivity contribution in [3.8, 4) is 23.2 Å². The van der Waals surface area contributed by atoms with Crippen molar-refractivity contribution in [3.63, 3.8) is 0 Å². The number of hydrogen-bond acceptors (Lipinski definition) is 5. The Labute approximate surface area is 157 Å². The molecular formula is C21H19N5O. The van der Waals surface area contributed by atoms with Crippen LogP contribution in [0.5, 0.6) is 5.88 Å². The number of nitrogens with two attached hydrogens (primary N) is 1. The van der Waals surface area contributed by atoms with Gasteiger partial charge in [-0.2, -0.15) is 5.26 Å². The zero-order chi connectivity index (χ0) is 19.0. The van der Waals surface area contributed by atoms with Gasteiger partial charge in [-0.3, -0.25) is 5.10 Å². The van der Waals surface area contributed by atoms with E-state index < -0.39 is 0 Å². The maximum Gasteiger partial charge on any atom is 0.244 e. The number of aromatic amines is 1. The molecule has 2 heterocycles. The number of hydrogen-bond donors (Lipinski definition) is 2. The van der Waals surface area contributed by atoms with Crippen molar-refractivity contribution in [2.24, 2.45) is 5.73 Å². The van der Waals surface area contributed by atoms with E-state index in [4.69, 9.17) is 10.5 Å². The maximum absolute atomic E-state index is 9.75. The molecule has 6 nitrogen and oxygen atoms in total. The number of ether oxygens (including phenoxy) is 1. The zero-order valence-electron chi connectivity index (χ0n) is 15.1. The molecule has 0 saturated carbocycles. The third kappa shape index (κ3) is 2.79. The topological polar surface area (TPSA) is 91.0 Å². The van der Waals surface area contributed by atoms with Gasteiger partial charge in [0.1, 0.15) is 11.6 Å². The summed E-state index contributed by atoms with van der Waals surface area (Å²) in [5.74, 6) is 0.161. The number of nitrogens with one attached hydrogen (secondary N) is 1. The molecule has 4 rings (SSSR count). The van der Waals surface area contributed by atoms with Crippen LogP contribution in [0.3, 0.4) is 0 Å². The molecule has 0 radical (unpaired) electrons. The largest absolute Gasteiger partial charge is 0.420 e. The van der Waals surface area contributed by atoms with Gasteiger partial charge in [-0.05, 0) is 23.3 Å². The van der Waals surface area contributed by atoms with Crippen LogP contribution in [-0.4, -0.2) is 24.3 Å². The van der Waals surface area contributed by atoms with Crippen LogP contribution in [0.1, 0.15) is 17.0 Å². The Kier molecular flexibility index (Phi) is 4.05. The van der Waals surface area contributed by atoms with Gasteiger partial charge in [0.25, 0.3) is 0 Å². The van der Waals surface area contributed by atoms with Gasteiger partial charge >= 0.3 is 0 Å². The molecule has 27 heavy (non-hydrogen) atoms. The number of H-pyrrole nitrogens is 1. The lowest BCUT2D eigenvalue weighted by molar-refractivity contribution is 0.379. The SMILES string of the molecule is CN(C)c1ccc(C2C(C#N)=C(N)Oc3n[nH]c(-c4ccccc4)c32)cc1. The minimum absolute atomic E-state index is 0.0952. The average Bonchev–Trinajstić information content (AvgIpc) is 3.11. The molecule has 134 valence electrons. The minimum atomic E-state index is -0.344. The van der Waals surface area contributed by atoms with E-state index in [9.17, 15) is 5.26 Å². The second-order valence-electron chi connectivity index (χ2n) is 6.59. The van der Waals surface area contributed by atoms with Crippen LogP contribution in [0.15, 0.2) is 66.1 Å². The Bertz CT molecular complexity index is 1040. The summed E-state index contributed by atoms with van der Waals surface area (Å²) in [6, 6.07) is 20.2. The van der Waals surface area contributed by atoms with Crippen LogP contribution in [0.2, 0.25) is 0 Å². The van der Waals surface area contributed by atoms with Crippen molar-refractivity contribution in [1.29, 1.82) is 5.26 Å². The van der Waals surface area contributed by atoms with E-state index in [1.807, 2.05) is 73.6 Å². The van der Waals surface area contributed by atoms with Crippen molar-refractivity contribution >= 4 is 5.69 Å². The van der Waals surface area contributed by atoms with Crippen molar-refractivity contribution in [3.05, 3.63) is 77.2 Å². The number of nitrogens with zero attached hydrogens (tertiary/aromatic N) is 3. The molecule has 0 spiro atoms. The van der Waals surface area contributed by atoms with Gasteiger partial charge in [-0.25, -0.2) is 0 Å². The van der Waals surface area contributed by atoms with Crippen LogP contribution in [0.25, 0.3) is 11.3 Å². The van der Waals surface area contributed by atoms with Crippen LogP contribution < -0.4 is 15.4 Å². The Morgan fingerprint density at radius 1 is 1.11 bits per heavy atom. The number of nitriles is 1. The summed E-state index contributed by atoms with van der Waals surface area (Å²) in [5, 5.41) is 17.1. The standard InChI is InChI=1S/C21H19N5O/c1-26(2)15-10-8-13(9-11-15)17-16(12-22)20(23)27-21-18(17)19(24-25-21)14-6-4-3-5-7-14/h3-11,17H,23H2,1-2H3,(H,24,25). The van der Waals surface area contributed by atoms with Crippen molar-refractivity contribution in [2.45, 2.75) is 5.92 Å². The first-order valence-corrected chi connectivity index (χ1v) is 8.58. The molecule has 1 aromatic heterocycles. The van der Waals surface area contributed by atoms with E-state index >= 15 is 0 Å². The summed E-state index contributed by atoms with van der Waals surface area (Å²) >= 11 is 0. The summed E-state index contributed by atoms with van der Waals surface area (Å²) in [6.45, 7) is 0. The van der Waals surface area contributed by atoms with E-state index in [0.29, 0.717) is 11.5 Å². The van der Waals surface area contributed by atoms with Gasteiger partial charge in [0.05, 0.1) is 17.2 Å². The van der Waals surface area contributed by atoms with Crippen molar-refractivity contribution in [1.82, 2.24) is 10.2 Å². The number of anilines is 1. The summed E-state index contributed by atoms with van der Waals surface area (Å²) < 4.78 is 5.64. The summed E-state index contributed by atoms with van der Waals surface area (Å²) in [7, 11) is 3.98. The molecule has 0 amide bonds. The molecule has 0 bridgehead atoms. The molecule has 1 aliphatic rings. The second kappa shape index (κ2) is 6.54. The van der Waals surface area contributed by atoms with Gasteiger partial charge in [0.15, 0.2) is 0 Å². The fraction of sp³-hybridized carbons (Fsp3) is 0.143. The van der Waals surface area contributed by atoms with E-state index in [-0.39, 0.29) is 11.8 Å². The number of aromatic nitrogens is 2. The molecule has 3 aromatic rings. The van der Waals surface area contributed by atoms with Crippen molar-refractivity contribution < 1.29 is 4.74 Å². The lowest BCUT2D eigenvalue weighted by atomic mass is 9.83. The Morgan fingerprint density at radius 2 is 1.81 bits per heavy atom. The molecule has 0 saturated heterocycles. The monoisotopic (exact) mass is 357 g/mol. The van der Waals surface area contributed by atoms with E-state index in [1.165, 1.54) is 0 Å². The van der Waals surface area contributed by atoms with Crippen LogP contribution in [-0.2, 0) is 0 Å². The molecule has 0 aliphatic carbocycles. The third-order valence-corrected chi connectivity index (χ3v) is 4.74. The highest BCUT2D eigenvalue weighted by atomic mass is 16.5. The fourth-order valence-electron chi connectivity index (χ4n) is 3.37. The quantitative estimate of drug-likeness (QED) is 0.750. The predicted molar refractivity (Wildman–Crippen MR) is 104 cm³/mol. The minimum Gasteiger partial charge on any atom is -0.420 e. The Balaban J connectivity index is 1.90. The molecule has 6 heteroatoms. The number of benzene rings is 2. The Hall–Kier alpha value is -3.72. The fourth-order valence-corrected chi connectivity index (χ4v) is 3.37. The lowest BCUT2D eigenvalue weighted by Gasteiger charge is -2.24. The summed E-state index contributed by atoms with van der Waals surface area (Å²) in [5.41, 5.74) is 11.1. The van der Waals surface area contributed by atoms with Crippen molar-refractivity contribution in [2.75, 3.05) is 19.0 Å². The van der Waals surface area contributed by atoms with Crippen LogP contribution in [0.4, 0.5) is 5.69 Å². The van der Waals surface area contributed by atoms with Gasteiger partial charge < -0.3 is 15.4 Å². The zero-order valence-corrected chi connectivity index (χ0v) is 15.1. The highest BCUT2D eigenvalue weighted by Gasteiger charge is 2.35. The molecule has 2 aromatic carbocycles. The van der Waals surface area contributed by atoms with Gasteiger partial charge in [0, 0.05) is 19.8 Å². The molecule has 1 aliphatic heterocycles. The van der Waals surface area contributed by atoms with Gasteiger partial charge in [-0.15, -0.1) is 5.10 Å². The van der Waals surface area contributed by atoms with E-state index in [1.54, 1.807) is 0 Å². The van der Waals surface area contributed by atoms with E-state index in [2.05, 4.69) is 16.3 Å². The second-order valence-corrected chi connectivity index (χ2v) is 6.59. The Morgan fingerprint density at radius 3 is 2.44 bits per heavy atom. The molecule has 1 atom stereocenters. The number of allylic oxidation sites excluding steroid dienone is 1. The first-order chi connectivity index (χ1) is 13.1. The molecule has 3 N–H and O–H groups in total. The average molecular weight is 357 g/mol. The predicted octanol–water partition coefficient (Wildman–Crippen LogP) is 3.36. The first kappa shape index (κ1) is 16.7. The molecule has 0 fully saturated rings. The highest BCUT2D eigenvalue weighted by molar-refractivity contribution is 5.71. The van der Waals surface area contributed by atoms with Gasteiger partial charge in [0.2, 0.25) is 11.8 Å². The number of fused-ring (bicyclic) bond motifs is 1.